The first-order valence-corrected chi connectivity index (χ1v) is 7.73. The SMILES string of the molecule is Cc1c(C(=O)OCC(=O)Nc2cccc(F)c2)oc2ccc(Cl)cc12. The molecule has 0 aliphatic rings. The van der Waals surface area contributed by atoms with Crippen LogP contribution in [0.25, 0.3) is 11.0 Å². The number of esters is 1. The highest BCUT2D eigenvalue weighted by atomic mass is 35.5. The molecule has 1 N–H and O–H groups in total. The number of hydrogen-bond donors (Lipinski definition) is 1. The summed E-state index contributed by atoms with van der Waals surface area (Å²) in [6.45, 7) is 1.18. The van der Waals surface area contributed by atoms with Crippen LogP contribution in [0, 0.1) is 12.7 Å². The fourth-order valence-corrected chi connectivity index (χ4v) is 2.52. The van der Waals surface area contributed by atoms with Gasteiger partial charge >= 0.3 is 5.97 Å². The molecule has 0 saturated carbocycles. The summed E-state index contributed by atoms with van der Waals surface area (Å²) in [6, 6.07) is 10.4. The Morgan fingerprint density at radius 2 is 2.04 bits per heavy atom. The van der Waals surface area contributed by atoms with E-state index >= 15 is 0 Å². The third kappa shape index (κ3) is 3.80. The van der Waals surface area contributed by atoms with Gasteiger partial charge in [-0.25, -0.2) is 9.18 Å². The predicted molar refractivity (Wildman–Crippen MR) is 91.3 cm³/mol. The second kappa shape index (κ2) is 6.94. The summed E-state index contributed by atoms with van der Waals surface area (Å²) in [5, 5.41) is 3.65. The van der Waals surface area contributed by atoms with Gasteiger partial charge in [-0.3, -0.25) is 4.79 Å². The van der Waals surface area contributed by atoms with Gasteiger partial charge in [0.15, 0.2) is 6.61 Å². The predicted octanol–water partition coefficient (Wildman–Crippen LogP) is 4.33. The van der Waals surface area contributed by atoms with Gasteiger partial charge in [0.05, 0.1) is 0 Å². The Bertz CT molecular complexity index is 967. The van der Waals surface area contributed by atoms with Gasteiger partial charge in [-0.1, -0.05) is 17.7 Å². The van der Waals surface area contributed by atoms with Crippen LogP contribution in [0.2, 0.25) is 5.02 Å². The molecule has 0 aliphatic heterocycles. The van der Waals surface area contributed by atoms with E-state index in [4.69, 9.17) is 20.8 Å². The minimum Gasteiger partial charge on any atom is -0.450 e. The smallest absolute Gasteiger partial charge is 0.375 e. The number of hydrogen-bond acceptors (Lipinski definition) is 4. The number of carbonyl (C=O) groups is 2. The van der Waals surface area contributed by atoms with Gasteiger partial charge in [-0.15, -0.1) is 0 Å². The van der Waals surface area contributed by atoms with Crippen molar-refractivity contribution in [2.24, 2.45) is 0 Å². The summed E-state index contributed by atoms with van der Waals surface area (Å²) in [4.78, 5) is 23.9. The van der Waals surface area contributed by atoms with Gasteiger partial charge in [-0.2, -0.15) is 0 Å². The zero-order chi connectivity index (χ0) is 18.0. The number of rotatable bonds is 4. The summed E-state index contributed by atoms with van der Waals surface area (Å²) in [5.41, 5.74) is 1.35. The van der Waals surface area contributed by atoms with Crippen LogP contribution < -0.4 is 5.32 Å². The largest absolute Gasteiger partial charge is 0.450 e. The minimum absolute atomic E-state index is 0.0100. The molecule has 1 amide bonds. The van der Waals surface area contributed by atoms with Crippen molar-refractivity contribution in [2.45, 2.75) is 6.92 Å². The van der Waals surface area contributed by atoms with Gasteiger partial charge in [-0.05, 0) is 43.3 Å². The lowest BCUT2D eigenvalue weighted by atomic mass is 10.1. The van der Waals surface area contributed by atoms with Crippen LogP contribution in [0.15, 0.2) is 46.9 Å². The molecular weight excluding hydrogens is 349 g/mol. The summed E-state index contributed by atoms with van der Waals surface area (Å²) in [5.74, 6) is -1.82. The molecule has 0 aliphatic carbocycles. The Kier molecular flexibility index (Phi) is 4.72. The van der Waals surface area contributed by atoms with E-state index in [1.54, 1.807) is 25.1 Å². The fraction of sp³-hybridized carbons (Fsp3) is 0.111. The number of anilines is 1. The monoisotopic (exact) mass is 361 g/mol. The molecule has 1 aromatic heterocycles. The number of amides is 1. The molecule has 0 fully saturated rings. The zero-order valence-corrected chi connectivity index (χ0v) is 13.9. The minimum atomic E-state index is -0.765. The summed E-state index contributed by atoms with van der Waals surface area (Å²) in [6.07, 6.45) is 0. The highest BCUT2D eigenvalue weighted by Gasteiger charge is 2.20. The maximum absolute atomic E-state index is 13.1. The number of furan rings is 1. The van der Waals surface area contributed by atoms with E-state index in [-0.39, 0.29) is 11.4 Å². The lowest BCUT2D eigenvalue weighted by Crippen LogP contribution is -2.21. The molecule has 128 valence electrons. The van der Waals surface area contributed by atoms with Gasteiger partial charge in [0.1, 0.15) is 11.4 Å². The van der Waals surface area contributed by atoms with E-state index < -0.39 is 24.3 Å². The third-order valence-electron chi connectivity index (χ3n) is 3.53. The maximum atomic E-state index is 13.1. The number of halogens is 2. The Morgan fingerprint density at radius 1 is 1.24 bits per heavy atom. The zero-order valence-electron chi connectivity index (χ0n) is 13.1. The van der Waals surface area contributed by atoms with Gasteiger partial charge < -0.3 is 14.5 Å². The first kappa shape index (κ1) is 17.0. The number of carbonyl (C=O) groups excluding carboxylic acids is 2. The van der Waals surface area contributed by atoms with E-state index in [9.17, 15) is 14.0 Å². The molecule has 3 aromatic rings. The molecule has 25 heavy (non-hydrogen) atoms. The van der Waals surface area contributed by atoms with Crippen LogP contribution in [0.4, 0.5) is 10.1 Å². The molecule has 0 atom stereocenters. The van der Waals surface area contributed by atoms with Crippen LogP contribution >= 0.6 is 11.6 Å². The molecule has 2 aromatic carbocycles. The lowest BCUT2D eigenvalue weighted by Gasteiger charge is -2.06. The van der Waals surface area contributed by atoms with Crippen molar-refractivity contribution in [3.8, 4) is 0 Å². The van der Waals surface area contributed by atoms with Crippen LogP contribution in [-0.4, -0.2) is 18.5 Å². The summed E-state index contributed by atoms with van der Waals surface area (Å²) < 4.78 is 23.5. The van der Waals surface area contributed by atoms with Crippen LogP contribution in [-0.2, 0) is 9.53 Å². The first-order chi connectivity index (χ1) is 11.9. The lowest BCUT2D eigenvalue weighted by molar-refractivity contribution is -0.119. The standard InChI is InChI=1S/C18H13ClFNO4/c1-10-14-7-11(19)5-6-15(14)25-17(10)18(23)24-9-16(22)21-13-4-2-3-12(20)8-13/h2-8H,9H2,1H3,(H,21,22). The Labute approximate surface area is 147 Å². The number of fused-ring (bicyclic) bond motifs is 1. The second-order valence-electron chi connectivity index (χ2n) is 5.33. The van der Waals surface area contributed by atoms with Crippen molar-refractivity contribution in [1.29, 1.82) is 0 Å². The van der Waals surface area contributed by atoms with Crippen molar-refractivity contribution in [3.05, 3.63) is 64.6 Å². The molecule has 0 radical (unpaired) electrons. The molecule has 0 spiro atoms. The Hall–Kier alpha value is -2.86. The average molecular weight is 362 g/mol. The van der Waals surface area contributed by atoms with E-state index in [1.807, 2.05) is 0 Å². The molecule has 7 heteroatoms. The van der Waals surface area contributed by atoms with Crippen LogP contribution in [0.3, 0.4) is 0 Å². The van der Waals surface area contributed by atoms with E-state index in [0.29, 0.717) is 21.6 Å². The van der Waals surface area contributed by atoms with Crippen molar-refractivity contribution in [1.82, 2.24) is 0 Å². The summed E-state index contributed by atoms with van der Waals surface area (Å²) >= 11 is 5.93. The van der Waals surface area contributed by atoms with Gasteiger partial charge in [0, 0.05) is 21.7 Å². The maximum Gasteiger partial charge on any atom is 0.375 e. The molecular formula is C18H13ClFNO4. The molecule has 0 bridgehead atoms. The average Bonchev–Trinajstić information content (AvgIpc) is 2.89. The van der Waals surface area contributed by atoms with Gasteiger partial charge in [0.2, 0.25) is 5.76 Å². The van der Waals surface area contributed by atoms with Gasteiger partial charge in [0.25, 0.3) is 5.91 Å². The molecule has 1 heterocycles. The normalized spacial score (nSPS) is 10.7. The molecule has 5 nitrogen and oxygen atoms in total. The third-order valence-corrected chi connectivity index (χ3v) is 3.76. The fourth-order valence-electron chi connectivity index (χ4n) is 2.35. The number of nitrogens with one attached hydrogen (secondary N) is 1. The second-order valence-corrected chi connectivity index (χ2v) is 5.77. The molecule has 3 rings (SSSR count). The van der Waals surface area contributed by atoms with Crippen molar-refractivity contribution in [3.63, 3.8) is 0 Å². The number of benzene rings is 2. The van der Waals surface area contributed by atoms with E-state index in [0.717, 1.165) is 6.07 Å². The molecule has 0 unspecified atom stereocenters. The van der Waals surface area contributed by atoms with Crippen LogP contribution in [0.5, 0.6) is 0 Å². The number of ether oxygens (including phenoxy) is 1. The Morgan fingerprint density at radius 3 is 2.80 bits per heavy atom. The summed E-state index contributed by atoms with van der Waals surface area (Å²) in [7, 11) is 0. The quantitative estimate of drug-likeness (QED) is 0.702. The number of aryl methyl sites for hydroxylation is 1. The van der Waals surface area contributed by atoms with Crippen molar-refractivity contribution < 1.29 is 23.1 Å². The van der Waals surface area contributed by atoms with Crippen LogP contribution in [0.1, 0.15) is 16.1 Å². The van der Waals surface area contributed by atoms with Crippen molar-refractivity contribution in [2.75, 3.05) is 11.9 Å². The van der Waals surface area contributed by atoms with E-state index in [2.05, 4.69) is 5.32 Å². The topological polar surface area (TPSA) is 68.5 Å². The first-order valence-electron chi connectivity index (χ1n) is 7.35. The van der Waals surface area contributed by atoms with Crippen molar-refractivity contribution >= 4 is 40.1 Å². The Balaban J connectivity index is 1.66. The molecule has 0 saturated heterocycles. The highest BCUT2D eigenvalue weighted by molar-refractivity contribution is 6.31. The highest BCUT2D eigenvalue weighted by Crippen LogP contribution is 2.28. The van der Waals surface area contributed by atoms with E-state index in [1.165, 1.54) is 18.2 Å².